The zero-order valence-electron chi connectivity index (χ0n) is 15.8. The number of likely N-dealkylation sites (tertiary alicyclic amines) is 1. The summed E-state index contributed by atoms with van der Waals surface area (Å²) in [6.45, 7) is 4.49. The normalized spacial score (nSPS) is 16.5. The molecule has 3 aromatic rings. The first-order valence-corrected chi connectivity index (χ1v) is 9.27. The fourth-order valence-corrected chi connectivity index (χ4v) is 3.67. The summed E-state index contributed by atoms with van der Waals surface area (Å²) in [5.74, 6) is 0.414. The summed E-state index contributed by atoms with van der Waals surface area (Å²) < 4.78 is 6.58. The Balaban J connectivity index is 1.60. The third-order valence-corrected chi connectivity index (χ3v) is 5.09. The van der Waals surface area contributed by atoms with Crippen molar-refractivity contribution in [3.63, 3.8) is 0 Å². The van der Waals surface area contributed by atoms with Crippen LogP contribution in [-0.2, 0) is 6.54 Å². The molecular weight excluding hydrogens is 358 g/mol. The van der Waals surface area contributed by atoms with E-state index in [4.69, 9.17) is 4.52 Å². The van der Waals surface area contributed by atoms with Crippen molar-refractivity contribution in [3.8, 4) is 11.3 Å². The quantitative estimate of drug-likeness (QED) is 0.690. The Hall–Kier alpha value is -3.29. The number of pyridine rings is 1. The predicted octanol–water partition coefficient (Wildman–Crippen LogP) is 2.21. The minimum Gasteiger partial charge on any atom is -0.361 e. The lowest BCUT2D eigenvalue weighted by Gasteiger charge is -2.25. The first-order chi connectivity index (χ1) is 13.5. The van der Waals surface area contributed by atoms with E-state index in [0.717, 1.165) is 18.4 Å². The van der Waals surface area contributed by atoms with E-state index >= 15 is 0 Å². The molecule has 144 valence electrons. The third-order valence-electron chi connectivity index (χ3n) is 5.09. The number of amides is 1. The van der Waals surface area contributed by atoms with Crippen molar-refractivity contribution in [2.75, 3.05) is 6.54 Å². The van der Waals surface area contributed by atoms with Gasteiger partial charge in [-0.05, 0) is 44.9 Å². The highest BCUT2D eigenvalue weighted by Gasteiger charge is 2.33. The van der Waals surface area contributed by atoms with Crippen molar-refractivity contribution in [2.24, 2.45) is 0 Å². The van der Waals surface area contributed by atoms with Crippen LogP contribution in [0.4, 0.5) is 0 Å². The van der Waals surface area contributed by atoms with Crippen molar-refractivity contribution in [3.05, 3.63) is 64.0 Å². The molecule has 1 aliphatic rings. The van der Waals surface area contributed by atoms with Gasteiger partial charge in [0.25, 0.3) is 11.5 Å². The van der Waals surface area contributed by atoms with Crippen LogP contribution < -0.4 is 5.56 Å². The molecule has 0 N–H and O–H groups in total. The lowest BCUT2D eigenvalue weighted by molar-refractivity contribution is 0.0718. The number of aromatic nitrogens is 4. The monoisotopic (exact) mass is 379 g/mol. The number of carbonyl (C=O) groups is 1. The van der Waals surface area contributed by atoms with E-state index in [-0.39, 0.29) is 17.5 Å². The molecule has 28 heavy (non-hydrogen) atoms. The summed E-state index contributed by atoms with van der Waals surface area (Å²) in [7, 11) is 0. The smallest absolute Gasteiger partial charge is 0.266 e. The van der Waals surface area contributed by atoms with Crippen molar-refractivity contribution in [2.45, 2.75) is 39.3 Å². The van der Waals surface area contributed by atoms with Gasteiger partial charge in [0.05, 0.1) is 24.0 Å². The third kappa shape index (κ3) is 3.33. The van der Waals surface area contributed by atoms with E-state index in [0.29, 0.717) is 35.8 Å². The van der Waals surface area contributed by atoms with E-state index in [1.54, 1.807) is 37.2 Å². The molecule has 0 aromatic carbocycles. The summed E-state index contributed by atoms with van der Waals surface area (Å²) in [5, 5.41) is 8.37. The summed E-state index contributed by atoms with van der Waals surface area (Å²) in [5.41, 5.74) is 2.42. The van der Waals surface area contributed by atoms with Crippen LogP contribution in [0.25, 0.3) is 11.3 Å². The Kier molecular flexibility index (Phi) is 4.77. The molecule has 0 saturated carbocycles. The fourth-order valence-electron chi connectivity index (χ4n) is 3.67. The van der Waals surface area contributed by atoms with Crippen molar-refractivity contribution < 1.29 is 9.32 Å². The SMILES string of the molecule is Cc1noc(C)c1C(=O)N1CCCC1Cn1nc(-c2cccnc2)ccc1=O. The number of hydrogen-bond donors (Lipinski definition) is 0. The van der Waals surface area contributed by atoms with Crippen LogP contribution in [0.2, 0.25) is 0 Å². The van der Waals surface area contributed by atoms with Gasteiger partial charge < -0.3 is 9.42 Å². The predicted molar refractivity (Wildman–Crippen MR) is 102 cm³/mol. The van der Waals surface area contributed by atoms with Crippen LogP contribution in [-0.4, -0.2) is 43.3 Å². The molecule has 0 spiro atoms. The Morgan fingerprint density at radius 3 is 2.86 bits per heavy atom. The highest BCUT2D eigenvalue weighted by molar-refractivity contribution is 5.96. The maximum absolute atomic E-state index is 13.0. The molecule has 0 aliphatic carbocycles. The zero-order valence-corrected chi connectivity index (χ0v) is 15.8. The molecule has 8 nitrogen and oxygen atoms in total. The molecule has 8 heteroatoms. The maximum Gasteiger partial charge on any atom is 0.266 e. The van der Waals surface area contributed by atoms with E-state index in [1.165, 1.54) is 10.7 Å². The molecular formula is C20H21N5O3. The van der Waals surface area contributed by atoms with Gasteiger partial charge in [0.1, 0.15) is 11.3 Å². The van der Waals surface area contributed by atoms with Gasteiger partial charge in [0, 0.05) is 30.6 Å². The number of aryl methyl sites for hydroxylation is 2. The van der Waals surface area contributed by atoms with Crippen molar-refractivity contribution in [1.29, 1.82) is 0 Å². The first kappa shape index (κ1) is 18.1. The lowest BCUT2D eigenvalue weighted by atomic mass is 10.1. The van der Waals surface area contributed by atoms with Crippen LogP contribution in [0.5, 0.6) is 0 Å². The molecule has 0 radical (unpaired) electrons. The fraction of sp³-hybridized carbons (Fsp3) is 0.350. The van der Waals surface area contributed by atoms with Gasteiger partial charge in [0.15, 0.2) is 0 Å². The molecule has 0 bridgehead atoms. The number of nitrogens with zero attached hydrogens (tertiary/aromatic N) is 5. The van der Waals surface area contributed by atoms with Crippen LogP contribution in [0.15, 0.2) is 46.0 Å². The summed E-state index contributed by atoms with van der Waals surface area (Å²) in [6, 6.07) is 6.82. The van der Waals surface area contributed by atoms with E-state index in [2.05, 4.69) is 15.2 Å². The van der Waals surface area contributed by atoms with Gasteiger partial charge in [-0.2, -0.15) is 5.10 Å². The maximum atomic E-state index is 13.0. The average molecular weight is 379 g/mol. The second-order valence-corrected chi connectivity index (χ2v) is 6.97. The number of rotatable bonds is 4. The second-order valence-electron chi connectivity index (χ2n) is 6.97. The minimum atomic E-state index is -0.190. The molecule has 1 amide bonds. The summed E-state index contributed by atoms with van der Waals surface area (Å²) >= 11 is 0. The highest BCUT2D eigenvalue weighted by atomic mass is 16.5. The molecule has 1 atom stereocenters. The molecule has 3 aromatic heterocycles. The van der Waals surface area contributed by atoms with Gasteiger partial charge in [-0.15, -0.1) is 0 Å². The van der Waals surface area contributed by atoms with Crippen molar-refractivity contribution >= 4 is 5.91 Å². The Morgan fingerprint density at radius 1 is 1.29 bits per heavy atom. The van der Waals surface area contributed by atoms with E-state index in [1.807, 2.05) is 12.1 Å². The van der Waals surface area contributed by atoms with Gasteiger partial charge >= 0.3 is 0 Å². The number of hydrogen-bond acceptors (Lipinski definition) is 6. The largest absolute Gasteiger partial charge is 0.361 e. The minimum absolute atomic E-state index is 0.101. The van der Waals surface area contributed by atoms with Gasteiger partial charge in [0.2, 0.25) is 0 Å². The highest BCUT2D eigenvalue weighted by Crippen LogP contribution is 2.24. The van der Waals surface area contributed by atoms with Crippen LogP contribution in [0, 0.1) is 13.8 Å². The van der Waals surface area contributed by atoms with Crippen LogP contribution >= 0.6 is 0 Å². The molecule has 4 heterocycles. The van der Waals surface area contributed by atoms with Crippen molar-refractivity contribution in [1.82, 2.24) is 24.8 Å². The van der Waals surface area contributed by atoms with E-state index in [9.17, 15) is 9.59 Å². The summed E-state index contributed by atoms with van der Waals surface area (Å²) in [6.07, 6.45) is 5.10. The van der Waals surface area contributed by atoms with Gasteiger partial charge in [-0.1, -0.05) is 5.16 Å². The zero-order chi connectivity index (χ0) is 19.7. The Morgan fingerprint density at radius 2 is 2.14 bits per heavy atom. The van der Waals surface area contributed by atoms with E-state index < -0.39 is 0 Å². The van der Waals surface area contributed by atoms with Crippen LogP contribution in [0.3, 0.4) is 0 Å². The molecule has 1 unspecified atom stereocenters. The molecule has 1 fully saturated rings. The van der Waals surface area contributed by atoms with Gasteiger partial charge in [-0.25, -0.2) is 4.68 Å². The molecule has 4 rings (SSSR count). The summed E-state index contributed by atoms with van der Waals surface area (Å²) in [4.78, 5) is 31.3. The van der Waals surface area contributed by atoms with Crippen LogP contribution in [0.1, 0.15) is 34.7 Å². The Bertz CT molecular complexity index is 1040. The second kappa shape index (κ2) is 7.38. The average Bonchev–Trinajstić information content (AvgIpc) is 3.30. The first-order valence-electron chi connectivity index (χ1n) is 9.27. The standard InChI is InChI=1S/C20H21N5O3/c1-13-19(14(2)28-23-13)20(27)24-10-4-6-16(24)12-25-18(26)8-7-17(22-25)15-5-3-9-21-11-15/h3,5,7-9,11,16H,4,6,10,12H2,1-2H3. The molecule has 1 aliphatic heterocycles. The lowest BCUT2D eigenvalue weighted by Crippen LogP contribution is -2.40. The topological polar surface area (TPSA) is 94.1 Å². The Labute approximate surface area is 161 Å². The molecule has 1 saturated heterocycles. The number of carbonyl (C=O) groups excluding carboxylic acids is 1. The van der Waals surface area contributed by atoms with Gasteiger partial charge in [-0.3, -0.25) is 14.6 Å².